The summed E-state index contributed by atoms with van der Waals surface area (Å²) < 4.78 is 5.41. The van der Waals surface area contributed by atoms with Crippen molar-refractivity contribution in [1.29, 1.82) is 0 Å². The summed E-state index contributed by atoms with van der Waals surface area (Å²) in [6.45, 7) is 3.89. The second-order valence-electron chi connectivity index (χ2n) is 4.05. The van der Waals surface area contributed by atoms with Crippen molar-refractivity contribution in [3.63, 3.8) is 0 Å². The Hall–Kier alpha value is -1.35. The van der Waals surface area contributed by atoms with Crippen molar-refractivity contribution in [3.05, 3.63) is 29.7 Å². The van der Waals surface area contributed by atoms with Crippen molar-refractivity contribution in [2.45, 2.75) is 32.7 Å². The van der Waals surface area contributed by atoms with E-state index in [1.54, 1.807) is 0 Å². The maximum Gasteiger partial charge on any atom is 0.192 e. The van der Waals surface area contributed by atoms with Crippen LogP contribution in [0.5, 0.6) is 0 Å². The number of oxazole rings is 1. The Bertz CT molecular complexity index is 460. The van der Waals surface area contributed by atoms with Gasteiger partial charge in [0.2, 0.25) is 0 Å². The molecule has 1 heterocycles. The molecule has 2 rings (SSSR count). The largest absolute Gasteiger partial charge is 0.441 e. The Morgan fingerprint density at radius 1 is 1.47 bits per heavy atom. The maximum absolute atomic E-state index is 5.72. The zero-order valence-corrected chi connectivity index (χ0v) is 9.16. The number of benzene rings is 1. The molecule has 1 aromatic heterocycles. The third-order valence-corrected chi connectivity index (χ3v) is 2.45. The molecule has 80 valence electrons. The van der Waals surface area contributed by atoms with Crippen molar-refractivity contribution < 1.29 is 4.42 Å². The molecule has 0 amide bonds. The van der Waals surface area contributed by atoms with E-state index in [4.69, 9.17) is 10.2 Å². The fraction of sp³-hybridized carbons (Fsp3) is 0.417. The lowest BCUT2D eigenvalue weighted by Crippen LogP contribution is -2.15. The Balaban J connectivity index is 2.22. The van der Waals surface area contributed by atoms with E-state index in [0.29, 0.717) is 5.89 Å². The van der Waals surface area contributed by atoms with Gasteiger partial charge in [-0.2, -0.15) is 0 Å². The van der Waals surface area contributed by atoms with Crippen LogP contribution in [0.1, 0.15) is 24.8 Å². The van der Waals surface area contributed by atoms with E-state index in [0.717, 1.165) is 23.9 Å². The summed E-state index contributed by atoms with van der Waals surface area (Å²) in [6.07, 6.45) is 2.00. The molecule has 0 aliphatic heterocycles. The van der Waals surface area contributed by atoms with Crippen LogP contribution in [0.15, 0.2) is 22.6 Å². The second-order valence-corrected chi connectivity index (χ2v) is 4.05. The first kappa shape index (κ1) is 10.2. The molecule has 3 heteroatoms. The molecule has 1 unspecified atom stereocenters. The number of nitrogens with two attached hydrogens (primary N) is 1. The van der Waals surface area contributed by atoms with Crippen LogP contribution < -0.4 is 5.73 Å². The molecule has 0 spiro atoms. The molecule has 0 bridgehead atoms. The first-order valence-corrected chi connectivity index (χ1v) is 5.27. The van der Waals surface area contributed by atoms with Gasteiger partial charge >= 0.3 is 0 Å². The van der Waals surface area contributed by atoms with Crippen LogP contribution in [0.25, 0.3) is 11.1 Å². The third kappa shape index (κ3) is 2.36. The van der Waals surface area contributed by atoms with Gasteiger partial charge in [0, 0.05) is 13.0 Å². The Morgan fingerprint density at radius 2 is 2.27 bits per heavy atom. The third-order valence-electron chi connectivity index (χ3n) is 2.45. The summed E-state index contributed by atoms with van der Waals surface area (Å²) in [5.41, 5.74) is 8.79. The predicted octanol–water partition coefficient (Wildman–Crippen LogP) is 2.42. The highest BCUT2D eigenvalue weighted by atomic mass is 16.3. The van der Waals surface area contributed by atoms with Crippen LogP contribution >= 0.6 is 0 Å². The van der Waals surface area contributed by atoms with Crippen LogP contribution in [-0.2, 0) is 6.42 Å². The first-order valence-electron chi connectivity index (χ1n) is 5.27. The van der Waals surface area contributed by atoms with Crippen molar-refractivity contribution in [2.24, 2.45) is 5.73 Å². The van der Waals surface area contributed by atoms with Gasteiger partial charge in [-0.15, -0.1) is 0 Å². The first-order chi connectivity index (χ1) is 7.15. The predicted molar refractivity (Wildman–Crippen MR) is 60.7 cm³/mol. The zero-order valence-electron chi connectivity index (χ0n) is 9.16. The Morgan fingerprint density at radius 3 is 3.00 bits per heavy atom. The molecule has 0 fully saturated rings. The number of fused-ring (bicyclic) bond motifs is 1. The van der Waals surface area contributed by atoms with Gasteiger partial charge in [-0.3, -0.25) is 0 Å². The highest BCUT2D eigenvalue weighted by Gasteiger charge is 2.03. The molecule has 0 aliphatic rings. The highest BCUT2D eigenvalue weighted by Crippen LogP contribution is 2.17. The number of hydrogen-bond donors (Lipinski definition) is 1. The molecule has 0 saturated carbocycles. The molecule has 3 nitrogen and oxygen atoms in total. The Kier molecular flexibility index (Phi) is 2.73. The van der Waals surface area contributed by atoms with E-state index in [1.807, 2.05) is 19.9 Å². The van der Waals surface area contributed by atoms with Crippen LogP contribution in [-0.4, -0.2) is 11.0 Å². The fourth-order valence-corrected chi connectivity index (χ4v) is 1.64. The van der Waals surface area contributed by atoms with Gasteiger partial charge in [0.25, 0.3) is 0 Å². The standard InChI is InChI=1S/C12H16N2O/c1-8(13)3-4-10-5-6-12-11(7-10)14-9(2)15-12/h5-8H,3-4,13H2,1-2H3. The smallest absolute Gasteiger partial charge is 0.192 e. The molecule has 0 aliphatic carbocycles. The van der Waals surface area contributed by atoms with Gasteiger partial charge in [0.15, 0.2) is 11.5 Å². The summed E-state index contributed by atoms with van der Waals surface area (Å²) in [6, 6.07) is 6.38. The van der Waals surface area contributed by atoms with Crippen LogP contribution in [0.2, 0.25) is 0 Å². The van der Waals surface area contributed by atoms with Crippen molar-refractivity contribution >= 4 is 11.1 Å². The highest BCUT2D eigenvalue weighted by molar-refractivity contribution is 5.73. The number of aryl methyl sites for hydroxylation is 2. The van der Waals surface area contributed by atoms with E-state index in [2.05, 4.69) is 17.1 Å². The molecule has 1 atom stereocenters. The number of hydrogen-bond acceptors (Lipinski definition) is 3. The molecule has 1 aromatic carbocycles. The average Bonchev–Trinajstić information content (AvgIpc) is 2.53. The van der Waals surface area contributed by atoms with Gasteiger partial charge in [0.1, 0.15) is 5.52 Å². The van der Waals surface area contributed by atoms with Gasteiger partial charge in [0.05, 0.1) is 0 Å². The van der Waals surface area contributed by atoms with Gasteiger partial charge in [-0.05, 0) is 37.5 Å². The van der Waals surface area contributed by atoms with E-state index in [-0.39, 0.29) is 6.04 Å². The van der Waals surface area contributed by atoms with E-state index in [9.17, 15) is 0 Å². The van der Waals surface area contributed by atoms with E-state index in [1.165, 1.54) is 5.56 Å². The minimum atomic E-state index is 0.250. The van der Waals surface area contributed by atoms with Crippen LogP contribution in [0.3, 0.4) is 0 Å². The molecule has 0 radical (unpaired) electrons. The number of aromatic nitrogens is 1. The normalized spacial score (nSPS) is 13.3. The summed E-state index contributed by atoms with van der Waals surface area (Å²) in [5.74, 6) is 0.717. The molecular weight excluding hydrogens is 188 g/mol. The average molecular weight is 204 g/mol. The molecule has 2 aromatic rings. The van der Waals surface area contributed by atoms with Crippen LogP contribution in [0, 0.1) is 6.92 Å². The topological polar surface area (TPSA) is 52.0 Å². The fourth-order valence-electron chi connectivity index (χ4n) is 1.64. The number of nitrogens with zero attached hydrogens (tertiary/aromatic N) is 1. The SMILES string of the molecule is Cc1nc2cc(CCC(C)N)ccc2o1. The maximum atomic E-state index is 5.72. The van der Waals surface area contributed by atoms with E-state index < -0.39 is 0 Å². The van der Waals surface area contributed by atoms with Gasteiger partial charge in [-0.1, -0.05) is 6.07 Å². The summed E-state index contributed by atoms with van der Waals surface area (Å²) >= 11 is 0. The molecule has 0 saturated heterocycles. The quantitative estimate of drug-likeness (QED) is 0.835. The minimum absolute atomic E-state index is 0.250. The second kappa shape index (κ2) is 4.03. The summed E-state index contributed by atoms with van der Waals surface area (Å²) in [7, 11) is 0. The van der Waals surface area contributed by atoms with E-state index >= 15 is 0 Å². The summed E-state index contributed by atoms with van der Waals surface area (Å²) in [5, 5.41) is 0. The lowest BCUT2D eigenvalue weighted by molar-refractivity contribution is 0.561. The lowest BCUT2D eigenvalue weighted by Gasteiger charge is -2.04. The monoisotopic (exact) mass is 204 g/mol. The number of rotatable bonds is 3. The summed E-state index contributed by atoms with van der Waals surface area (Å²) in [4.78, 5) is 4.30. The molecule has 15 heavy (non-hydrogen) atoms. The Labute approximate surface area is 89.3 Å². The van der Waals surface area contributed by atoms with Crippen molar-refractivity contribution in [3.8, 4) is 0 Å². The lowest BCUT2D eigenvalue weighted by atomic mass is 10.1. The van der Waals surface area contributed by atoms with Gasteiger partial charge < -0.3 is 10.2 Å². The zero-order chi connectivity index (χ0) is 10.8. The van der Waals surface area contributed by atoms with Crippen LogP contribution in [0.4, 0.5) is 0 Å². The van der Waals surface area contributed by atoms with Crippen molar-refractivity contribution in [2.75, 3.05) is 0 Å². The molecule has 2 N–H and O–H groups in total. The minimum Gasteiger partial charge on any atom is -0.441 e. The molecular formula is C12H16N2O. The van der Waals surface area contributed by atoms with Crippen molar-refractivity contribution in [1.82, 2.24) is 4.98 Å². The van der Waals surface area contributed by atoms with Gasteiger partial charge in [-0.25, -0.2) is 4.98 Å².